The van der Waals surface area contributed by atoms with Crippen molar-refractivity contribution in [2.24, 2.45) is 0 Å². The zero-order valence-corrected chi connectivity index (χ0v) is 13.1. The Morgan fingerprint density at radius 3 is 2.36 bits per heavy atom. The van der Waals surface area contributed by atoms with Crippen molar-refractivity contribution in [2.75, 3.05) is 11.9 Å². The van der Waals surface area contributed by atoms with Gasteiger partial charge in [-0.3, -0.25) is 0 Å². The fourth-order valence-corrected chi connectivity index (χ4v) is 2.27. The molecule has 0 aliphatic carbocycles. The molecule has 0 saturated carbocycles. The minimum absolute atomic E-state index is 0.0551. The number of hydrogen-bond acceptors (Lipinski definition) is 2. The molecular formula is C16H14Cl2F2NO. The van der Waals surface area contributed by atoms with Crippen LogP contribution >= 0.6 is 23.2 Å². The summed E-state index contributed by atoms with van der Waals surface area (Å²) >= 11 is 11.8. The molecule has 0 aromatic heterocycles. The van der Waals surface area contributed by atoms with Crippen molar-refractivity contribution in [1.82, 2.24) is 0 Å². The van der Waals surface area contributed by atoms with Gasteiger partial charge in [-0.05, 0) is 36.2 Å². The Morgan fingerprint density at radius 1 is 1.05 bits per heavy atom. The van der Waals surface area contributed by atoms with E-state index in [-0.39, 0.29) is 13.0 Å². The molecule has 2 N–H and O–H groups in total. The molecule has 0 bridgehead atoms. The Morgan fingerprint density at radius 2 is 1.77 bits per heavy atom. The average Bonchev–Trinajstić information content (AvgIpc) is 2.51. The average molecular weight is 345 g/mol. The summed E-state index contributed by atoms with van der Waals surface area (Å²) in [6, 6.07) is 8.20. The van der Waals surface area contributed by atoms with Crippen molar-refractivity contribution in [3.8, 4) is 0 Å². The summed E-state index contributed by atoms with van der Waals surface area (Å²) in [5.41, 5.74) is -0.433. The zero-order valence-electron chi connectivity index (χ0n) is 11.5. The fraction of sp³-hybridized carbons (Fsp3) is 0.188. The number of anilines is 1. The molecule has 6 heteroatoms. The normalized spacial score (nSPS) is 13.7. The van der Waals surface area contributed by atoms with Crippen LogP contribution in [0.3, 0.4) is 0 Å². The lowest BCUT2D eigenvalue weighted by Crippen LogP contribution is -2.33. The molecule has 2 aromatic rings. The molecule has 0 aliphatic rings. The highest BCUT2D eigenvalue weighted by atomic mass is 35.5. The minimum Gasteiger partial charge on any atom is -0.383 e. The number of benzene rings is 2. The van der Waals surface area contributed by atoms with Crippen LogP contribution in [0.2, 0.25) is 10.0 Å². The van der Waals surface area contributed by atoms with E-state index >= 15 is 0 Å². The predicted octanol–water partition coefficient (Wildman–Crippen LogP) is 4.80. The molecule has 22 heavy (non-hydrogen) atoms. The first kappa shape index (κ1) is 17.0. The van der Waals surface area contributed by atoms with Gasteiger partial charge < -0.3 is 10.4 Å². The van der Waals surface area contributed by atoms with Crippen LogP contribution in [0.5, 0.6) is 0 Å². The second kappa shape index (κ2) is 6.82. The molecule has 1 radical (unpaired) electrons. The summed E-state index contributed by atoms with van der Waals surface area (Å²) in [5, 5.41) is 14.3. The molecule has 0 heterocycles. The first-order valence-electron chi connectivity index (χ1n) is 6.52. The summed E-state index contributed by atoms with van der Waals surface area (Å²) in [5.74, 6) is -1.89. The third kappa shape index (κ3) is 3.69. The van der Waals surface area contributed by atoms with Crippen LogP contribution in [0.25, 0.3) is 0 Å². The van der Waals surface area contributed by atoms with E-state index in [9.17, 15) is 13.9 Å². The van der Waals surface area contributed by atoms with Gasteiger partial charge in [0.15, 0.2) is 11.6 Å². The van der Waals surface area contributed by atoms with Gasteiger partial charge in [0.2, 0.25) is 0 Å². The summed E-state index contributed by atoms with van der Waals surface area (Å²) in [7, 11) is 0. The van der Waals surface area contributed by atoms with E-state index in [0.29, 0.717) is 21.3 Å². The highest BCUT2D eigenvalue weighted by Crippen LogP contribution is 2.31. The van der Waals surface area contributed by atoms with Crippen molar-refractivity contribution in [2.45, 2.75) is 12.0 Å². The largest absolute Gasteiger partial charge is 0.383 e. The molecule has 1 atom stereocenters. The topological polar surface area (TPSA) is 32.3 Å². The maximum atomic E-state index is 13.2. The third-order valence-electron chi connectivity index (χ3n) is 3.38. The second-order valence-corrected chi connectivity index (χ2v) is 5.71. The number of aliphatic hydroxyl groups is 1. The minimum atomic E-state index is -1.32. The summed E-state index contributed by atoms with van der Waals surface area (Å²) in [4.78, 5) is 0. The molecule has 0 saturated heterocycles. The van der Waals surface area contributed by atoms with Crippen molar-refractivity contribution in [3.05, 3.63) is 70.6 Å². The molecule has 2 rings (SSSR count). The Kier molecular flexibility index (Phi) is 5.27. The van der Waals surface area contributed by atoms with E-state index in [1.54, 1.807) is 18.2 Å². The third-order valence-corrected chi connectivity index (χ3v) is 4.11. The number of nitrogens with one attached hydrogen (secondary N) is 1. The highest BCUT2D eigenvalue weighted by molar-refractivity contribution is 6.42. The molecule has 0 amide bonds. The molecular weight excluding hydrogens is 331 g/mol. The van der Waals surface area contributed by atoms with Gasteiger partial charge in [-0.15, -0.1) is 0 Å². The Labute approximate surface area is 137 Å². The van der Waals surface area contributed by atoms with Gasteiger partial charge in [-0.25, -0.2) is 8.78 Å². The monoisotopic (exact) mass is 344 g/mol. The van der Waals surface area contributed by atoms with Crippen LogP contribution in [0.1, 0.15) is 12.0 Å². The molecule has 0 spiro atoms. The lowest BCUT2D eigenvalue weighted by molar-refractivity contribution is 0.0530. The molecule has 117 valence electrons. The number of hydrogen-bond donors (Lipinski definition) is 2. The molecule has 2 aromatic carbocycles. The van der Waals surface area contributed by atoms with Gasteiger partial charge in [0, 0.05) is 18.3 Å². The van der Waals surface area contributed by atoms with E-state index in [4.69, 9.17) is 23.2 Å². The van der Waals surface area contributed by atoms with E-state index in [1.807, 2.05) is 0 Å². The summed E-state index contributed by atoms with van der Waals surface area (Å²) in [6.07, 6.45) is 0.154. The van der Waals surface area contributed by atoms with E-state index in [1.165, 1.54) is 6.07 Å². The quantitative estimate of drug-likeness (QED) is 0.816. The fourth-order valence-electron chi connectivity index (χ4n) is 1.97. The second-order valence-electron chi connectivity index (χ2n) is 4.89. The van der Waals surface area contributed by atoms with Gasteiger partial charge in [-0.1, -0.05) is 36.2 Å². The highest BCUT2D eigenvalue weighted by Gasteiger charge is 2.27. The maximum Gasteiger partial charge on any atom is 0.160 e. The Balaban J connectivity index is 2.19. The first-order chi connectivity index (χ1) is 10.4. The molecule has 0 fully saturated rings. The van der Waals surface area contributed by atoms with Gasteiger partial charge in [0.05, 0.1) is 10.0 Å². The van der Waals surface area contributed by atoms with Crippen molar-refractivity contribution in [3.63, 3.8) is 0 Å². The van der Waals surface area contributed by atoms with Crippen LogP contribution in [0.4, 0.5) is 14.5 Å². The SMILES string of the molecule is [CH2]CC(O)(CNc1ccc(F)c(F)c1)c1ccc(Cl)c(Cl)c1. The van der Waals surface area contributed by atoms with Gasteiger partial charge in [-0.2, -0.15) is 0 Å². The van der Waals surface area contributed by atoms with Gasteiger partial charge in [0.1, 0.15) is 5.60 Å². The molecule has 1 unspecified atom stereocenters. The van der Waals surface area contributed by atoms with E-state index < -0.39 is 17.2 Å². The van der Waals surface area contributed by atoms with Crippen molar-refractivity contribution in [1.29, 1.82) is 0 Å². The lowest BCUT2D eigenvalue weighted by atomic mass is 9.91. The first-order valence-corrected chi connectivity index (χ1v) is 7.27. The van der Waals surface area contributed by atoms with Gasteiger partial charge >= 0.3 is 0 Å². The zero-order chi connectivity index (χ0) is 16.3. The maximum absolute atomic E-state index is 13.2. The smallest absolute Gasteiger partial charge is 0.160 e. The van der Waals surface area contributed by atoms with Crippen LogP contribution in [0.15, 0.2) is 36.4 Å². The standard InChI is InChI=1S/C16H14Cl2F2NO/c1-2-16(22,10-3-5-12(17)13(18)7-10)9-21-11-4-6-14(19)15(20)8-11/h3-8,21-22H,1-2,9H2. The van der Waals surface area contributed by atoms with Crippen LogP contribution in [-0.4, -0.2) is 11.7 Å². The van der Waals surface area contributed by atoms with E-state index in [0.717, 1.165) is 12.1 Å². The number of rotatable bonds is 5. The van der Waals surface area contributed by atoms with E-state index in [2.05, 4.69) is 12.2 Å². The van der Waals surface area contributed by atoms with Gasteiger partial charge in [0.25, 0.3) is 0 Å². The number of halogens is 4. The van der Waals surface area contributed by atoms with Crippen molar-refractivity contribution < 1.29 is 13.9 Å². The summed E-state index contributed by atoms with van der Waals surface area (Å²) < 4.78 is 26.1. The van der Waals surface area contributed by atoms with Crippen LogP contribution in [-0.2, 0) is 5.60 Å². The summed E-state index contributed by atoms with van der Waals surface area (Å²) in [6.45, 7) is 3.79. The molecule has 2 nitrogen and oxygen atoms in total. The lowest BCUT2D eigenvalue weighted by Gasteiger charge is -2.28. The predicted molar refractivity (Wildman–Crippen MR) is 85.2 cm³/mol. The van der Waals surface area contributed by atoms with Crippen LogP contribution in [0, 0.1) is 18.6 Å². The Bertz CT molecular complexity index is 681. The van der Waals surface area contributed by atoms with Crippen LogP contribution < -0.4 is 5.32 Å². The molecule has 0 aliphatic heterocycles. The Hall–Kier alpha value is -1.36. The van der Waals surface area contributed by atoms with Crippen molar-refractivity contribution >= 4 is 28.9 Å².